The molecule has 20 heavy (non-hydrogen) atoms. The average molecular weight is 286 g/mol. The summed E-state index contributed by atoms with van der Waals surface area (Å²) < 4.78 is 0. The highest BCUT2D eigenvalue weighted by Gasteiger charge is 2.16. The lowest BCUT2D eigenvalue weighted by molar-refractivity contribution is -0.117. The third kappa shape index (κ3) is 2.70. The molecule has 1 aliphatic carbocycles. The van der Waals surface area contributed by atoms with Gasteiger partial charge in [-0.25, -0.2) is 4.98 Å². The Morgan fingerprint density at radius 2 is 2.45 bits per heavy atom. The van der Waals surface area contributed by atoms with E-state index in [4.69, 9.17) is 0 Å². The quantitative estimate of drug-likeness (QED) is 0.905. The Morgan fingerprint density at radius 1 is 1.55 bits per heavy atom. The number of allylic oxidation sites excluding steroid dienone is 3. The summed E-state index contributed by atoms with van der Waals surface area (Å²) in [4.78, 5) is 16.5. The second-order valence-electron chi connectivity index (χ2n) is 4.57. The van der Waals surface area contributed by atoms with Crippen molar-refractivity contribution in [1.29, 1.82) is 0 Å². The van der Waals surface area contributed by atoms with Crippen molar-refractivity contribution in [3.63, 3.8) is 0 Å². The Bertz CT molecular complexity index is 682. The molecule has 5 nitrogen and oxygen atoms in total. The van der Waals surface area contributed by atoms with Crippen LogP contribution >= 0.6 is 11.3 Å². The van der Waals surface area contributed by atoms with Gasteiger partial charge in [-0.1, -0.05) is 6.08 Å². The van der Waals surface area contributed by atoms with Crippen molar-refractivity contribution in [1.82, 2.24) is 20.5 Å². The SMILES string of the molecule is Cc1nc(C2=CCC(C(=O)NCc3cn[nH]c3)=C2)cs1. The molecule has 0 fully saturated rings. The highest BCUT2D eigenvalue weighted by Crippen LogP contribution is 2.27. The standard InChI is InChI=1S/C14H14N4OS/c1-9-18-13(8-20-9)11-2-3-12(4-11)14(19)15-5-10-6-16-17-7-10/h2,4,6-8H,3,5H2,1H3,(H,15,19)(H,16,17). The molecule has 1 aliphatic rings. The molecule has 2 heterocycles. The van der Waals surface area contributed by atoms with Crippen LogP contribution in [0.3, 0.4) is 0 Å². The van der Waals surface area contributed by atoms with Crippen molar-refractivity contribution in [2.24, 2.45) is 0 Å². The predicted octanol–water partition coefficient (Wildman–Crippen LogP) is 2.20. The Balaban J connectivity index is 1.63. The van der Waals surface area contributed by atoms with E-state index in [-0.39, 0.29) is 5.91 Å². The van der Waals surface area contributed by atoms with Gasteiger partial charge in [0.1, 0.15) is 0 Å². The van der Waals surface area contributed by atoms with Crippen LogP contribution in [0.2, 0.25) is 0 Å². The molecule has 0 radical (unpaired) electrons. The minimum absolute atomic E-state index is 0.0376. The van der Waals surface area contributed by atoms with E-state index in [2.05, 4.69) is 20.5 Å². The number of nitrogens with zero attached hydrogens (tertiary/aromatic N) is 2. The van der Waals surface area contributed by atoms with E-state index in [1.165, 1.54) is 0 Å². The normalized spacial score (nSPS) is 14.1. The van der Waals surface area contributed by atoms with Crippen LogP contribution in [0, 0.1) is 6.92 Å². The first-order valence-electron chi connectivity index (χ1n) is 6.31. The van der Waals surface area contributed by atoms with E-state index in [0.29, 0.717) is 13.0 Å². The summed E-state index contributed by atoms with van der Waals surface area (Å²) in [6.45, 7) is 2.46. The zero-order valence-electron chi connectivity index (χ0n) is 11.0. The van der Waals surface area contributed by atoms with Gasteiger partial charge in [0.25, 0.3) is 0 Å². The second kappa shape index (κ2) is 5.42. The summed E-state index contributed by atoms with van der Waals surface area (Å²) in [5, 5.41) is 12.5. The molecule has 1 amide bonds. The van der Waals surface area contributed by atoms with Crippen LogP contribution < -0.4 is 5.32 Å². The van der Waals surface area contributed by atoms with Crippen molar-refractivity contribution < 1.29 is 4.79 Å². The van der Waals surface area contributed by atoms with Crippen LogP contribution in [0.15, 0.2) is 35.5 Å². The number of amides is 1. The van der Waals surface area contributed by atoms with Crippen molar-refractivity contribution in [2.45, 2.75) is 19.9 Å². The van der Waals surface area contributed by atoms with E-state index >= 15 is 0 Å². The minimum Gasteiger partial charge on any atom is -0.348 e. The lowest BCUT2D eigenvalue weighted by Crippen LogP contribution is -2.23. The van der Waals surface area contributed by atoms with Crippen molar-refractivity contribution in [2.75, 3.05) is 0 Å². The van der Waals surface area contributed by atoms with Crippen LogP contribution in [-0.2, 0) is 11.3 Å². The first-order valence-corrected chi connectivity index (χ1v) is 7.19. The first kappa shape index (κ1) is 12.8. The molecule has 102 valence electrons. The molecule has 2 N–H and O–H groups in total. The number of carbonyl (C=O) groups excluding carboxylic acids is 1. The number of H-pyrrole nitrogens is 1. The van der Waals surface area contributed by atoms with E-state index in [0.717, 1.165) is 27.4 Å². The van der Waals surface area contributed by atoms with Gasteiger partial charge in [0.05, 0.1) is 16.9 Å². The number of hydrogen-bond donors (Lipinski definition) is 2. The summed E-state index contributed by atoms with van der Waals surface area (Å²) in [7, 11) is 0. The molecule has 0 atom stereocenters. The number of nitrogens with one attached hydrogen (secondary N) is 2. The smallest absolute Gasteiger partial charge is 0.247 e. The molecule has 2 aromatic heterocycles. The summed E-state index contributed by atoms with van der Waals surface area (Å²) >= 11 is 1.62. The fourth-order valence-electron chi connectivity index (χ4n) is 2.03. The van der Waals surface area contributed by atoms with Gasteiger partial charge in [0.2, 0.25) is 5.91 Å². The van der Waals surface area contributed by atoms with Gasteiger partial charge < -0.3 is 5.32 Å². The van der Waals surface area contributed by atoms with Crippen LogP contribution in [0.1, 0.15) is 22.7 Å². The third-order valence-corrected chi connectivity index (χ3v) is 3.86. The number of thiazole rings is 1. The van der Waals surface area contributed by atoms with E-state index in [9.17, 15) is 4.79 Å². The monoisotopic (exact) mass is 286 g/mol. The molecular formula is C14H14N4OS. The van der Waals surface area contributed by atoms with Gasteiger partial charge in [-0.05, 0) is 25.0 Å². The predicted molar refractivity (Wildman–Crippen MR) is 78.0 cm³/mol. The summed E-state index contributed by atoms with van der Waals surface area (Å²) in [6, 6.07) is 0. The molecule has 3 rings (SSSR count). The van der Waals surface area contributed by atoms with Crippen LogP contribution in [0.5, 0.6) is 0 Å². The van der Waals surface area contributed by atoms with Crippen molar-refractivity contribution >= 4 is 22.8 Å². The Kier molecular flexibility index (Phi) is 3.47. The number of hydrogen-bond acceptors (Lipinski definition) is 4. The number of aromatic nitrogens is 3. The highest BCUT2D eigenvalue weighted by atomic mass is 32.1. The molecule has 6 heteroatoms. The van der Waals surface area contributed by atoms with Gasteiger partial charge in [-0.2, -0.15) is 5.10 Å². The van der Waals surface area contributed by atoms with E-state index < -0.39 is 0 Å². The molecule has 0 unspecified atom stereocenters. The van der Waals surface area contributed by atoms with Crippen molar-refractivity contribution in [3.05, 3.63) is 51.8 Å². The molecule has 0 aromatic carbocycles. The topological polar surface area (TPSA) is 70.7 Å². The van der Waals surface area contributed by atoms with E-state index in [1.807, 2.05) is 24.5 Å². The van der Waals surface area contributed by atoms with Gasteiger partial charge >= 0.3 is 0 Å². The fourth-order valence-corrected chi connectivity index (χ4v) is 2.65. The van der Waals surface area contributed by atoms with Crippen LogP contribution in [-0.4, -0.2) is 21.1 Å². The lowest BCUT2D eigenvalue weighted by Gasteiger charge is -2.03. The minimum atomic E-state index is -0.0376. The Hall–Kier alpha value is -2.21. The lowest BCUT2D eigenvalue weighted by atomic mass is 10.2. The molecule has 0 aliphatic heterocycles. The maximum Gasteiger partial charge on any atom is 0.247 e. The maximum absolute atomic E-state index is 12.1. The summed E-state index contributed by atoms with van der Waals surface area (Å²) in [5.41, 5.74) is 3.71. The van der Waals surface area contributed by atoms with Crippen molar-refractivity contribution in [3.8, 4) is 0 Å². The zero-order chi connectivity index (χ0) is 13.9. The second-order valence-corrected chi connectivity index (χ2v) is 5.64. The molecule has 2 aromatic rings. The number of aromatic amines is 1. The first-order chi connectivity index (χ1) is 9.72. The Morgan fingerprint density at radius 3 is 3.15 bits per heavy atom. The van der Waals surface area contributed by atoms with Gasteiger partial charge in [-0.15, -0.1) is 11.3 Å². The number of aryl methyl sites for hydroxylation is 1. The summed E-state index contributed by atoms with van der Waals surface area (Å²) in [6.07, 6.45) is 8.08. The molecule has 0 spiro atoms. The molecular weight excluding hydrogens is 272 g/mol. The van der Waals surface area contributed by atoms with Gasteiger partial charge in [0.15, 0.2) is 0 Å². The van der Waals surface area contributed by atoms with Gasteiger partial charge in [-0.3, -0.25) is 9.89 Å². The Labute approximate surface area is 120 Å². The van der Waals surface area contributed by atoms with Crippen LogP contribution in [0.25, 0.3) is 5.57 Å². The van der Waals surface area contributed by atoms with Gasteiger partial charge in [0, 0.05) is 29.3 Å². The third-order valence-electron chi connectivity index (χ3n) is 3.09. The zero-order valence-corrected chi connectivity index (χ0v) is 11.8. The van der Waals surface area contributed by atoms with Crippen LogP contribution in [0.4, 0.5) is 0 Å². The highest BCUT2D eigenvalue weighted by molar-refractivity contribution is 7.09. The molecule has 0 bridgehead atoms. The molecule has 0 saturated carbocycles. The molecule has 0 saturated heterocycles. The maximum atomic E-state index is 12.1. The fraction of sp³-hybridized carbons (Fsp3) is 0.214. The average Bonchev–Trinajstić information content (AvgIpc) is 3.16. The summed E-state index contributed by atoms with van der Waals surface area (Å²) in [5.74, 6) is -0.0376. The largest absolute Gasteiger partial charge is 0.348 e. The number of rotatable bonds is 4. The number of carbonyl (C=O) groups is 1. The van der Waals surface area contributed by atoms with E-state index in [1.54, 1.807) is 23.7 Å².